The fraction of sp³-hybridized carbons (Fsp3) is 0.833. The van der Waals surface area contributed by atoms with E-state index in [0.717, 1.165) is 6.55 Å². The molecular weight excluding hydrogens is 186 g/mol. The Morgan fingerprint density at radius 2 is 2.09 bits per heavy atom. The molecule has 0 aliphatic heterocycles. The molecule has 0 rings (SSSR count). The number of hydrogen-bond donors (Lipinski definition) is 0. The maximum atomic E-state index is 12.3. The molecule has 0 aromatic carbocycles. The summed E-state index contributed by atoms with van der Waals surface area (Å²) in [7, 11) is -2.39. The standard InChI is InChI=1S/C6H12F2OSSi/c1-9-6(10)4-3-5-11(2,7)8/h3-5H2,1-2H3. The van der Waals surface area contributed by atoms with Gasteiger partial charge in [0, 0.05) is 6.42 Å². The van der Waals surface area contributed by atoms with Gasteiger partial charge in [-0.2, -0.15) is 0 Å². The van der Waals surface area contributed by atoms with Crippen LogP contribution in [-0.4, -0.2) is 20.9 Å². The number of hydrogen-bond acceptors (Lipinski definition) is 2. The quantitative estimate of drug-likeness (QED) is 0.390. The van der Waals surface area contributed by atoms with Gasteiger partial charge in [-0.15, -0.1) is 0 Å². The highest BCUT2D eigenvalue weighted by molar-refractivity contribution is 7.80. The Morgan fingerprint density at radius 1 is 1.55 bits per heavy atom. The first kappa shape index (κ1) is 11.0. The van der Waals surface area contributed by atoms with Crippen molar-refractivity contribution in [3.05, 3.63) is 0 Å². The molecular formula is C6H12F2OSSi. The molecule has 0 heterocycles. The fourth-order valence-electron chi connectivity index (χ4n) is 0.645. The second-order valence-corrected chi connectivity index (χ2v) is 5.60. The van der Waals surface area contributed by atoms with Crippen molar-refractivity contribution in [1.82, 2.24) is 0 Å². The Balaban J connectivity index is 3.35. The summed E-state index contributed by atoms with van der Waals surface area (Å²) in [5, 5.41) is 0.420. The van der Waals surface area contributed by atoms with E-state index in [1.807, 2.05) is 0 Å². The summed E-state index contributed by atoms with van der Waals surface area (Å²) >= 11 is 4.69. The third-order valence-electron chi connectivity index (χ3n) is 1.22. The van der Waals surface area contributed by atoms with Crippen LogP contribution < -0.4 is 0 Å². The van der Waals surface area contributed by atoms with Gasteiger partial charge in [-0.05, 0) is 31.2 Å². The topological polar surface area (TPSA) is 9.23 Å². The second-order valence-electron chi connectivity index (χ2n) is 2.50. The van der Waals surface area contributed by atoms with Crippen LogP contribution in [0.2, 0.25) is 12.6 Å². The lowest BCUT2D eigenvalue weighted by atomic mass is 10.4. The molecule has 0 aliphatic carbocycles. The molecule has 0 saturated heterocycles. The molecule has 0 saturated carbocycles. The van der Waals surface area contributed by atoms with E-state index in [0.29, 0.717) is 17.9 Å². The lowest BCUT2D eigenvalue weighted by Gasteiger charge is -2.05. The van der Waals surface area contributed by atoms with Gasteiger partial charge in [0.25, 0.3) is 0 Å². The van der Waals surface area contributed by atoms with Gasteiger partial charge in [0.05, 0.1) is 7.11 Å². The minimum Gasteiger partial charge on any atom is -0.490 e. The monoisotopic (exact) mass is 198 g/mol. The molecule has 0 atom stereocenters. The van der Waals surface area contributed by atoms with E-state index in [1.54, 1.807) is 0 Å². The molecule has 0 fully saturated rings. The van der Waals surface area contributed by atoms with Crippen LogP contribution >= 0.6 is 12.2 Å². The number of thiocarbonyl (C=S) groups is 1. The molecule has 0 aromatic heterocycles. The number of halogens is 2. The minimum absolute atomic E-state index is 0.0104. The Hall–Kier alpha value is -0.0331. The van der Waals surface area contributed by atoms with Crippen LogP contribution in [-0.2, 0) is 4.74 Å². The van der Waals surface area contributed by atoms with Gasteiger partial charge in [-0.3, -0.25) is 8.22 Å². The lowest BCUT2D eigenvalue weighted by Crippen LogP contribution is -2.15. The molecule has 0 radical (unpaired) electrons. The summed E-state index contributed by atoms with van der Waals surface area (Å²) in [5.74, 6) is 0. The number of rotatable bonds is 4. The van der Waals surface area contributed by atoms with E-state index >= 15 is 0 Å². The van der Waals surface area contributed by atoms with Crippen molar-refractivity contribution in [2.45, 2.75) is 25.4 Å². The molecule has 0 spiro atoms. The van der Waals surface area contributed by atoms with Gasteiger partial charge in [0.1, 0.15) is 0 Å². The third kappa shape index (κ3) is 7.87. The van der Waals surface area contributed by atoms with Crippen LogP contribution in [0.15, 0.2) is 0 Å². The van der Waals surface area contributed by atoms with Crippen molar-refractivity contribution in [3.8, 4) is 0 Å². The third-order valence-corrected chi connectivity index (χ3v) is 2.83. The van der Waals surface area contributed by atoms with Gasteiger partial charge in [0.15, 0.2) is 5.05 Å². The highest BCUT2D eigenvalue weighted by atomic mass is 32.1. The fourth-order valence-corrected chi connectivity index (χ4v) is 1.59. The van der Waals surface area contributed by atoms with Crippen LogP contribution in [0.1, 0.15) is 12.8 Å². The van der Waals surface area contributed by atoms with Gasteiger partial charge in [-0.1, -0.05) is 0 Å². The molecule has 0 bridgehead atoms. The van der Waals surface area contributed by atoms with E-state index in [-0.39, 0.29) is 6.04 Å². The summed E-state index contributed by atoms with van der Waals surface area (Å²) in [6, 6.07) is 0.0104. The zero-order valence-corrected chi connectivity index (χ0v) is 8.51. The average molecular weight is 198 g/mol. The van der Waals surface area contributed by atoms with Crippen molar-refractivity contribution >= 4 is 26.0 Å². The van der Waals surface area contributed by atoms with E-state index in [9.17, 15) is 8.22 Å². The second kappa shape index (κ2) is 4.77. The summed E-state index contributed by atoms with van der Waals surface area (Å²) in [5.41, 5.74) is 0. The molecule has 0 aromatic rings. The van der Waals surface area contributed by atoms with Gasteiger partial charge in [0.2, 0.25) is 0 Å². The summed E-state index contributed by atoms with van der Waals surface area (Å²) < 4.78 is 29.3. The van der Waals surface area contributed by atoms with Crippen molar-refractivity contribution in [3.63, 3.8) is 0 Å². The molecule has 11 heavy (non-hydrogen) atoms. The van der Waals surface area contributed by atoms with Crippen molar-refractivity contribution < 1.29 is 13.0 Å². The Kier molecular flexibility index (Phi) is 4.75. The van der Waals surface area contributed by atoms with Crippen LogP contribution in [0.25, 0.3) is 0 Å². The number of ether oxygens (including phenoxy) is 1. The summed E-state index contributed by atoms with van der Waals surface area (Å²) in [6.45, 7) is 1.04. The largest absolute Gasteiger partial charge is 0.490 e. The maximum Gasteiger partial charge on any atom is 0.422 e. The van der Waals surface area contributed by atoms with E-state index in [4.69, 9.17) is 12.2 Å². The average Bonchev–Trinajstić information content (AvgIpc) is 1.85. The predicted molar refractivity (Wildman–Crippen MR) is 47.5 cm³/mol. The van der Waals surface area contributed by atoms with Gasteiger partial charge >= 0.3 is 8.74 Å². The Bertz CT molecular complexity index is 135. The molecule has 0 N–H and O–H groups in total. The molecule has 66 valence electrons. The van der Waals surface area contributed by atoms with Crippen molar-refractivity contribution in [2.24, 2.45) is 0 Å². The van der Waals surface area contributed by atoms with Crippen molar-refractivity contribution in [2.75, 3.05) is 7.11 Å². The molecule has 0 amide bonds. The van der Waals surface area contributed by atoms with Crippen LogP contribution in [0.3, 0.4) is 0 Å². The SMILES string of the molecule is COC(=S)CCC[Si](C)(F)F. The first-order valence-electron chi connectivity index (χ1n) is 3.40. The van der Waals surface area contributed by atoms with Gasteiger partial charge < -0.3 is 4.74 Å². The smallest absolute Gasteiger partial charge is 0.422 e. The zero-order chi connectivity index (χ0) is 8.91. The summed E-state index contributed by atoms with van der Waals surface area (Å²) in [6.07, 6.45) is 0.921. The predicted octanol–water partition coefficient (Wildman–Crippen LogP) is 2.75. The van der Waals surface area contributed by atoms with E-state index in [1.165, 1.54) is 7.11 Å². The molecule has 0 unspecified atom stereocenters. The minimum atomic E-state index is -3.85. The van der Waals surface area contributed by atoms with E-state index in [2.05, 4.69) is 4.74 Å². The highest BCUT2D eigenvalue weighted by Crippen LogP contribution is 2.16. The lowest BCUT2D eigenvalue weighted by molar-refractivity contribution is 0.401. The highest BCUT2D eigenvalue weighted by Gasteiger charge is 2.26. The van der Waals surface area contributed by atoms with Crippen LogP contribution in [0, 0.1) is 0 Å². The molecule has 1 nitrogen and oxygen atoms in total. The zero-order valence-electron chi connectivity index (χ0n) is 6.69. The van der Waals surface area contributed by atoms with Crippen molar-refractivity contribution in [1.29, 1.82) is 0 Å². The normalized spacial score (nSPS) is 11.3. The Labute approximate surface area is 72.1 Å². The number of methoxy groups -OCH3 is 1. The van der Waals surface area contributed by atoms with Gasteiger partial charge in [-0.25, -0.2) is 0 Å². The summed E-state index contributed by atoms with van der Waals surface area (Å²) in [4.78, 5) is 0. The first-order valence-corrected chi connectivity index (χ1v) is 6.27. The Morgan fingerprint density at radius 3 is 2.45 bits per heavy atom. The van der Waals surface area contributed by atoms with Crippen LogP contribution in [0.5, 0.6) is 0 Å². The molecule has 0 aliphatic rings. The first-order chi connectivity index (χ1) is 4.95. The molecule has 5 heteroatoms. The van der Waals surface area contributed by atoms with E-state index < -0.39 is 8.74 Å². The van der Waals surface area contributed by atoms with Crippen LogP contribution in [0.4, 0.5) is 8.22 Å². The maximum absolute atomic E-state index is 12.3.